The first kappa shape index (κ1) is 20.9. The Labute approximate surface area is 169 Å². The molecule has 1 saturated heterocycles. The molecule has 9 nitrogen and oxygen atoms in total. The lowest BCUT2D eigenvalue weighted by molar-refractivity contribution is -0.126. The molecular weight excluding hydrogens is 376 g/mol. The molecule has 1 aromatic carbocycles. The fourth-order valence-electron chi connectivity index (χ4n) is 3.74. The highest BCUT2D eigenvalue weighted by molar-refractivity contribution is 5.95. The number of benzene rings is 1. The highest BCUT2D eigenvalue weighted by Gasteiger charge is 2.25. The van der Waals surface area contributed by atoms with E-state index in [4.69, 9.17) is 15.2 Å². The summed E-state index contributed by atoms with van der Waals surface area (Å²) in [5, 5.41) is 0. The van der Waals surface area contributed by atoms with Gasteiger partial charge in [-0.15, -0.1) is 0 Å². The minimum Gasteiger partial charge on any atom is -0.491 e. The summed E-state index contributed by atoms with van der Waals surface area (Å²) in [6.07, 6.45) is 1.88. The number of nitrogens with two attached hydrogens (primary N) is 1. The van der Waals surface area contributed by atoms with Crippen molar-refractivity contribution in [1.29, 1.82) is 0 Å². The third-order valence-corrected chi connectivity index (χ3v) is 5.28. The molecular formula is C20H28N4O5. The maximum absolute atomic E-state index is 13.1. The number of ether oxygens (including phenoxy) is 2. The number of nitrogens with zero attached hydrogens (tertiary/aromatic N) is 3. The van der Waals surface area contributed by atoms with E-state index >= 15 is 0 Å². The van der Waals surface area contributed by atoms with Gasteiger partial charge in [0, 0.05) is 25.8 Å². The SMILES string of the molecule is CCOc1c(CC(=O)N(C)C(N)=O)ccc2c1n(CC)c(=O)n2CC1CCCO1. The maximum atomic E-state index is 13.1. The topological polar surface area (TPSA) is 109 Å². The van der Waals surface area contributed by atoms with Gasteiger partial charge in [0.2, 0.25) is 5.91 Å². The molecule has 158 valence electrons. The van der Waals surface area contributed by atoms with E-state index in [2.05, 4.69) is 0 Å². The Kier molecular flexibility index (Phi) is 6.26. The van der Waals surface area contributed by atoms with Crippen molar-refractivity contribution in [3.63, 3.8) is 0 Å². The standard InChI is InChI=1S/C20H28N4O5/c1-4-23-17-15(24(20(23)27)12-14-7-6-10-29-14)9-8-13(18(17)28-5-2)11-16(25)22(3)19(21)26/h8-9,14H,4-7,10-12H2,1-3H3,(H2,21,26). The lowest BCUT2D eigenvalue weighted by atomic mass is 10.1. The second-order valence-corrected chi connectivity index (χ2v) is 7.09. The summed E-state index contributed by atoms with van der Waals surface area (Å²) in [6, 6.07) is 2.78. The average molecular weight is 404 g/mol. The second kappa shape index (κ2) is 8.69. The molecule has 0 aliphatic carbocycles. The summed E-state index contributed by atoms with van der Waals surface area (Å²) in [5.74, 6) is 0.0447. The van der Waals surface area contributed by atoms with Crippen LogP contribution in [0.1, 0.15) is 32.3 Å². The van der Waals surface area contributed by atoms with Crippen LogP contribution >= 0.6 is 0 Å². The van der Waals surface area contributed by atoms with Crippen LogP contribution in [0.4, 0.5) is 4.79 Å². The molecule has 0 bridgehead atoms. The molecule has 1 aliphatic rings. The molecule has 1 aromatic heterocycles. The van der Waals surface area contributed by atoms with E-state index in [1.165, 1.54) is 7.05 Å². The molecule has 0 radical (unpaired) electrons. The molecule has 2 heterocycles. The van der Waals surface area contributed by atoms with Crippen molar-refractivity contribution in [2.75, 3.05) is 20.3 Å². The van der Waals surface area contributed by atoms with Crippen LogP contribution in [-0.4, -0.2) is 52.3 Å². The van der Waals surface area contributed by atoms with E-state index in [1.54, 1.807) is 15.2 Å². The number of urea groups is 1. The minimum atomic E-state index is -0.817. The normalized spacial score (nSPS) is 16.3. The second-order valence-electron chi connectivity index (χ2n) is 7.09. The van der Waals surface area contributed by atoms with Gasteiger partial charge in [0.1, 0.15) is 11.3 Å². The molecule has 1 unspecified atom stereocenters. The van der Waals surface area contributed by atoms with Crippen LogP contribution in [-0.2, 0) is 29.0 Å². The number of fused-ring (bicyclic) bond motifs is 1. The number of hydrogen-bond donors (Lipinski definition) is 1. The van der Waals surface area contributed by atoms with Crippen molar-refractivity contribution >= 4 is 23.0 Å². The number of amides is 3. The van der Waals surface area contributed by atoms with Crippen LogP contribution < -0.4 is 16.2 Å². The molecule has 0 saturated carbocycles. The molecule has 1 aliphatic heterocycles. The quantitative estimate of drug-likeness (QED) is 0.752. The van der Waals surface area contributed by atoms with Crippen LogP contribution in [0.2, 0.25) is 0 Å². The number of carbonyl (C=O) groups excluding carboxylic acids is 2. The van der Waals surface area contributed by atoms with Crippen molar-refractivity contribution in [2.45, 2.75) is 52.3 Å². The zero-order chi connectivity index (χ0) is 21.1. The molecule has 1 atom stereocenters. The highest BCUT2D eigenvalue weighted by Crippen LogP contribution is 2.31. The molecule has 3 rings (SSSR count). The summed E-state index contributed by atoms with van der Waals surface area (Å²) in [5.41, 5.74) is 7.08. The van der Waals surface area contributed by atoms with Crippen LogP contribution in [0.5, 0.6) is 5.75 Å². The first-order valence-corrected chi connectivity index (χ1v) is 9.94. The molecule has 9 heteroatoms. The zero-order valence-corrected chi connectivity index (χ0v) is 17.1. The fourth-order valence-corrected chi connectivity index (χ4v) is 3.74. The maximum Gasteiger partial charge on any atom is 0.329 e. The van der Waals surface area contributed by atoms with Gasteiger partial charge >= 0.3 is 11.7 Å². The van der Waals surface area contributed by atoms with Crippen molar-refractivity contribution in [3.8, 4) is 5.75 Å². The number of likely N-dealkylation sites (N-methyl/N-ethyl adjacent to an activating group) is 1. The Bertz CT molecular complexity index is 971. The van der Waals surface area contributed by atoms with Gasteiger partial charge in [0.15, 0.2) is 0 Å². The first-order chi connectivity index (χ1) is 13.9. The van der Waals surface area contributed by atoms with Gasteiger partial charge in [-0.25, -0.2) is 9.59 Å². The van der Waals surface area contributed by atoms with E-state index in [-0.39, 0.29) is 18.2 Å². The van der Waals surface area contributed by atoms with E-state index < -0.39 is 11.9 Å². The Morgan fingerprint density at radius 1 is 1.31 bits per heavy atom. The highest BCUT2D eigenvalue weighted by atomic mass is 16.5. The van der Waals surface area contributed by atoms with Gasteiger partial charge in [-0.05, 0) is 32.8 Å². The lowest BCUT2D eigenvalue weighted by Gasteiger charge is -2.16. The van der Waals surface area contributed by atoms with Crippen LogP contribution in [0.25, 0.3) is 11.0 Å². The number of rotatable bonds is 7. The van der Waals surface area contributed by atoms with E-state index in [0.29, 0.717) is 36.5 Å². The Morgan fingerprint density at radius 2 is 2.07 bits per heavy atom. The number of primary amides is 1. The van der Waals surface area contributed by atoms with Crippen LogP contribution in [0.3, 0.4) is 0 Å². The summed E-state index contributed by atoms with van der Waals surface area (Å²) in [4.78, 5) is 37.6. The van der Waals surface area contributed by atoms with Crippen molar-refractivity contribution in [3.05, 3.63) is 28.2 Å². The fraction of sp³-hybridized carbons (Fsp3) is 0.550. The van der Waals surface area contributed by atoms with E-state index in [1.807, 2.05) is 19.9 Å². The van der Waals surface area contributed by atoms with Crippen LogP contribution in [0, 0.1) is 0 Å². The summed E-state index contributed by atoms with van der Waals surface area (Å²) in [7, 11) is 1.34. The molecule has 29 heavy (non-hydrogen) atoms. The molecule has 1 fully saturated rings. The van der Waals surface area contributed by atoms with Gasteiger partial charge in [0.25, 0.3) is 0 Å². The lowest BCUT2D eigenvalue weighted by Crippen LogP contribution is -2.38. The summed E-state index contributed by atoms with van der Waals surface area (Å²) >= 11 is 0. The number of imidazole rings is 1. The number of imide groups is 1. The van der Waals surface area contributed by atoms with Gasteiger partial charge < -0.3 is 15.2 Å². The van der Waals surface area contributed by atoms with Crippen molar-refractivity contribution in [2.24, 2.45) is 5.73 Å². The number of carbonyl (C=O) groups is 2. The largest absolute Gasteiger partial charge is 0.491 e. The van der Waals surface area contributed by atoms with Gasteiger partial charge in [-0.2, -0.15) is 0 Å². The zero-order valence-electron chi connectivity index (χ0n) is 17.1. The number of hydrogen-bond acceptors (Lipinski definition) is 5. The first-order valence-electron chi connectivity index (χ1n) is 9.94. The third kappa shape index (κ3) is 4.00. The minimum absolute atomic E-state index is 0.0182. The van der Waals surface area contributed by atoms with Crippen molar-refractivity contribution < 1.29 is 19.1 Å². The Balaban J connectivity index is 2.10. The Morgan fingerprint density at radius 3 is 2.66 bits per heavy atom. The van der Waals surface area contributed by atoms with E-state index in [9.17, 15) is 14.4 Å². The monoisotopic (exact) mass is 404 g/mol. The predicted octanol–water partition coefficient (Wildman–Crippen LogP) is 1.48. The van der Waals surface area contributed by atoms with Gasteiger partial charge in [-0.1, -0.05) is 6.07 Å². The van der Waals surface area contributed by atoms with Gasteiger partial charge in [-0.3, -0.25) is 18.8 Å². The molecule has 0 spiro atoms. The molecule has 2 aromatic rings. The molecule has 3 amide bonds. The summed E-state index contributed by atoms with van der Waals surface area (Å²) < 4.78 is 15.0. The smallest absolute Gasteiger partial charge is 0.329 e. The number of aryl methyl sites for hydroxylation is 1. The number of aromatic nitrogens is 2. The van der Waals surface area contributed by atoms with Crippen molar-refractivity contribution in [1.82, 2.24) is 14.0 Å². The summed E-state index contributed by atoms with van der Waals surface area (Å²) in [6.45, 7) is 5.78. The third-order valence-electron chi connectivity index (χ3n) is 5.28. The predicted molar refractivity (Wildman–Crippen MR) is 108 cm³/mol. The van der Waals surface area contributed by atoms with Crippen LogP contribution in [0.15, 0.2) is 16.9 Å². The average Bonchev–Trinajstić information content (AvgIpc) is 3.30. The van der Waals surface area contributed by atoms with E-state index in [0.717, 1.165) is 29.9 Å². The Hall–Kier alpha value is -2.81. The molecule has 2 N–H and O–H groups in total. The van der Waals surface area contributed by atoms with Gasteiger partial charge in [0.05, 0.1) is 31.2 Å².